The molecular weight excluding hydrogens is 174 g/mol. The standard InChI is InChI=1S/C11H15N3/c1-4-10-8(3)14-7(2)5-6-9(12)11(14)13-10/h5-6H,4,12H2,1-3H3. The van der Waals surface area contributed by atoms with Crippen molar-refractivity contribution < 1.29 is 0 Å². The maximum Gasteiger partial charge on any atom is 0.160 e. The van der Waals surface area contributed by atoms with Crippen molar-refractivity contribution in [2.24, 2.45) is 0 Å². The maximum absolute atomic E-state index is 5.88. The molecule has 3 nitrogen and oxygen atoms in total. The minimum absolute atomic E-state index is 0.749. The monoisotopic (exact) mass is 189 g/mol. The van der Waals surface area contributed by atoms with E-state index >= 15 is 0 Å². The summed E-state index contributed by atoms with van der Waals surface area (Å²) < 4.78 is 2.12. The molecule has 0 saturated carbocycles. The number of anilines is 1. The average Bonchev–Trinajstić information content (AvgIpc) is 2.51. The first kappa shape index (κ1) is 9.06. The molecule has 2 heterocycles. The zero-order chi connectivity index (χ0) is 10.3. The number of aryl methyl sites for hydroxylation is 3. The van der Waals surface area contributed by atoms with Crippen LogP contribution in [0.3, 0.4) is 0 Å². The van der Waals surface area contributed by atoms with Gasteiger partial charge in [-0.3, -0.25) is 4.40 Å². The molecule has 3 heteroatoms. The number of nitrogens with zero attached hydrogens (tertiary/aromatic N) is 2. The van der Waals surface area contributed by atoms with Crippen LogP contribution in [0.2, 0.25) is 0 Å². The Bertz CT molecular complexity index is 483. The first-order chi connectivity index (χ1) is 6.65. The highest BCUT2D eigenvalue weighted by Crippen LogP contribution is 2.19. The van der Waals surface area contributed by atoms with E-state index in [0.717, 1.165) is 23.4 Å². The second-order valence-corrected chi connectivity index (χ2v) is 3.59. The molecule has 0 unspecified atom stereocenters. The largest absolute Gasteiger partial charge is 0.396 e. The van der Waals surface area contributed by atoms with Crippen LogP contribution < -0.4 is 5.73 Å². The van der Waals surface area contributed by atoms with Gasteiger partial charge in [-0.15, -0.1) is 0 Å². The lowest BCUT2D eigenvalue weighted by Crippen LogP contribution is -1.97. The van der Waals surface area contributed by atoms with E-state index in [0.29, 0.717) is 0 Å². The van der Waals surface area contributed by atoms with Crippen LogP contribution in [0.4, 0.5) is 5.69 Å². The summed E-state index contributed by atoms with van der Waals surface area (Å²) in [5, 5.41) is 0. The van der Waals surface area contributed by atoms with Crippen molar-refractivity contribution in [1.82, 2.24) is 9.38 Å². The summed E-state index contributed by atoms with van der Waals surface area (Å²) in [5.74, 6) is 0. The molecule has 0 saturated heterocycles. The van der Waals surface area contributed by atoms with E-state index < -0.39 is 0 Å². The number of nitrogens with two attached hydrogens (primary N) is 1. The summed E-state index contributed by atoms with van der Waals surface area (Å²) in [5.41, 5.74) is 11.0. The van der Waals surface area contributed by atoms with Crippen LogP contribution in [-0.4, -0.2) is 9.38 Å². The lowest BCUT2D eigenvalue weighted by molar-refractivity contribution is 0.997. The van der Waals surface area contributed by atoms with Gasteiger partial charge in [0.25, 0.3) is 0 Å². The number of fused-ring (bicyclic) bond motifs is 1. The molecule has 0 spiro atoms. The fraction of sp³-hybridized carbons (Fsp3) is 0.364. The van der Waals surface area contributed by atoms with Crippen molar-refractivity contribution in [3.8, 4) is 0 Å². The summed E-state index contributed by atoms with van der Waals surface area (Å²) in [6.07, 6.45) is 0.951. The van der Waals surface area contributed by atoms with Crippen LogP contribution >= 0.6 is 0 Å². The SMILES string of the molecule is CCc1nc2c(N)ccc(C)n2c1C. The van der Waals surface area contributed by atoms with Crippen molar-refractivity contribution in [3.63, 3.8) is 0 Å². The number of aromatic nitrogens is 2. The highest BCUT2D eigenvalue weighted by molar-refractivity contribution is 5.66. The molecule has 2 N–H and O–H groups in total. The zero-order valence-electron chi connectivity index (χ0n) is 8.83. The molecule has 74 valence electrons. The van der Waals surface area contributed by atoms with Gasteiger partial charge in [-0.25, -0.2) is 4.98 Å². The number of pyridine rings is 1. The second-order valence-electron chi connectivity index (χ2n) is 3.59. The maximum atomic E-state index is 5.88. The summed E-state index contributed by atoms with van der Waals surface area (Å²) in [6, 6.07) is 3.94. The Morgan fingerprint density at radius 1 is 1.36 bits per heavy atom. The summed E-state index contributed by atoms with van der Waals surface area (Å²) in [6.45, 7) is 6.27. The van der Waals surface area contributed by atoms with Gasteiger partial charge < -0.3 is 5.73 Å². The van der Waals surface area contributed by atoms with Crippen molar-refractivity contribution in [1.29, 1.82) is 0 Å². The molecule has 0 fully saturated rings. The van der Waals surface area contributed by atoms with E-state index in [1.54, 1.807) is 0 Å². The van der Waals surface area contributed by atoms with E-state index in [1.807, 2.05) is 12.1 Å². The third-order valence-electron chi connectivity index (χ3n) is 2.66. The third-order valence-corrected chi connectivity index (χ3v) is 2.66. The van der Waals surface area contributed by atoms with Crippen molar-refractivity contribution in [2.45, 2.75) is 27.2 Å². The van der Waals surface area contributed by atoms with E-state index in [1.165, 1.54) is 11.4 Å². The Labute approximate surface area is 83.6 Å². The van der Waals surface area contributed by atoms with Crippen LogP contribution in [-0.2, 0) is 6.42 Å². The second kappa shape index (κ2) is 3.01. The van der Waals surface area contributed by atoms with Gasteiger partial charge in [-0.05, 0) is 32.4 Å². The zero-order valence-corrected chi connectivity index (χ0v) is 8.83. The predicted octanol–water partition coefficient (Wildman–Crippen LogP) is 2.10. The van der Waals surface area contributed by atoms with Gasteiger partial charge in [0, 0.05) is 11.4 Å². The minimum atomic E-state index is 0.749. The molecular formula is C11H15N3. The van der Waals surface area contributed by atoms with E-state index in [-0.39, 0.29) is 0 Å². The predicted molar refractivity (Wildman–Crippen MR) is 58.5 cm³/mol. The van der Waals surface area contributed by atoms with Crippen molar-refractivity contribution in [2.75, 3.05) is 5.73 Å². The fourth-order valence-electron chi connectivity index (χ4n) is 1.87. The highest BCUT2D eigenvalue weighted by atomic mass is 15.0. The number of hydrogen-bond donors (Lipinski definition) is 1. The lowest BCUT2D eigenvalue weighted by Gasteiger charge is -2.03. The molecule has 0 aliphatic heterocycles. The van der Waals surface area contributed by atoms with Crippen LogP contribution in [0.1, 0.15) is 24.0 Å². The van der Waals surface area contributed by atoms with Crippen LogP contribution in [0, 0.1) is 13.8 Å². The fourth-order valence-corrected chi connectivity index (χ4v) is 1.87. The number of nitrogen functional groups attached to an aromatic ring is 1. The van der Waals surface area contributed by atoms with Crippen LogP contribution in [0.5, 0.6) is 0 Å². The van der Waals surface area contributed by atoms with Gasteiger partial charge >= 0.3 is 0 Å². The summed E-state index contributed by atoms with van der Waals surface area (Å²) in [4.78, 5) is 4.53. The quantitative estimate of drug-likeness (QED) is 0.746. The Hall–Kier alpha value is -1.51. The Morgan fingerprint density at radius 3 is 2.64 bits per heavy atom. The van der Waals surface area contributed by atoms with Gasteiger partial charge in [0.05, 0.1) is 11.4 Å². The van der Waals surface area contributed by atoms with E-state index in [9.17, 15) is 0 Å². The topological polar surface area (TPSA) is 43.3 Å². The molecule has 2 aromatic heterocycles. The first-order valence-corrected chi connectivity index (χ1v) is 4.88. The molecule has 14 heavy (non-hydrogen) atoms. The molecule has 0 bridgehead atoms. The molecule has 0 aliphatic carbocycles. The first-order valence-electron chi connectivity index (χ1n) is 4.88. The van der Waals surface area contributed by atoms with Gasteiger partial charge in [0.1, 0.15) is 0 Å². The average molecular weight is 189 g/mol. The molecule has 0 aliphatic rings. The number of hydrogen-bond acceptors (Lipinski definition) is 2. The van der Waals surface area contributed by atoms with Crippen molar-refractivity contribution >= 4 is 11.3 Å². The third kappa shape index (κ3) is 1.09. The van der Waals surface area contributed by atoms with Crippen molar-refractivity contribution in [3.05, 3.63) is 29.2 Å². The smallest absolute Gasteiger partial charge is 0.160 e. The Morgan fingerprint density at radius 2 is 2.07 bits per heavy atom. The van der Waals surface area contributed by atoms with Gasteiger partial charge in [-0.2, -0.15) is 0 Å². The van der Waals surface area contributed by atoms with E-state index in [4.69, 9.17) is 5.73 Å². The number of imidazole rings is 1. The van der Waals surface area contributed by atoms with Gasteiger partial charge in [0.2, 0.25) is 0 Å². The Kier molecular flexibility index (Phi) is 1.95. The number of rotatable bonds is 1. The van der Waals surface area contributed by atoms with Gasteiger partial charge in [0.15, 0.2) is 5.65 Å². The normalized spacial score (nSPS) is 11.1. The molecule has 2 aromatic rings. The molecule has 0 amide bonds. The summed E-state index contributed by atoms with van der Waals surface area (Å²) >= 11 is 0. The Balaban J connectivity index is 2.90. The molecule has 2 rings (SSSR count). The molecule has 0 aromatic carbocycles. The highest BCUT2D eigenvalue weighted by Gasteiger charge is 2.09. The van der Waals surface area contributed by atoms with Crippen LogP contribution in [0.25, 0.3) is 5.65 Å². The minimum Gasteiger partial charge on any atom is -0.396 e. The summed E-state index contributed by atoms with van der Waals surface area (Å²) in [7, 11) is 0. The van der Waals surface area contributed by atoms with E-state index in [2.05, 4.69) is 30.2 Å². The molecule has 0 radical (unpaired) electrons. The van der Waals surface area contributed by atoms with Gasteiger partial charge in [-0.1, -0.05) is 6.92 Å². The van der Waals surface area contributed by atoms with Crippen LogP contribution in [0.15, 0.2) is 12.1 Å². The lowest BCUT2D eigenvalue weighted by atomic mass is 10.3. The molecule has 0 atom stereocenters.